The third-order valence-electron chi connectivity index (χ3n) is 4.08. The van der Waals surface area contributed by atoms with E-state index in [-0.39, 0.29) is 41.4 Å². The summed E-state index contributed by atoms with van der Waals surface area (Å²) in [6, 6.07) is 9.59. The number of amides is 2. The average molecular weight is 377 g/mol. The van der Waals surface area contributed by atoms with Gasteiger partial charge in [0.1, 0.15) is 0 Å². The van der Waals surface area contributed by atoms with Crippen molar-refractivity contribution in [2.75, 3.05) is 18.5 Å². The predicted molar refractivity (Wildman–Crippen MR) is 95.3 cm³/mol. The van der Waals surface area contributed by atoms with E-state index in [1.54, 1.807) is 24.3 Å². The van der Waals surface area contributed by atoms with Gasteiger partial charge in [0.05, 0.1) is 41.1 Å². The van der Waals surface area contributed by atoms with Crippen molar-refractivity contribution < 1.29 is 24.9 Å². The number of hydrogen-bond acceptors (Lipinski definition) is 6. The Morgan fingerprint density at radius 3 is 2.31 bits per heavy atom. The van der Waals surface area contributed by atoms with Crippen molar-refractivity contribution in [3.05, 3.63) is 58.1 Å². The number of carbonyl (C=O) groups excluding carboxylic acids is 2. The molecule has 136 valence electrons. The van der Waals surface area contributed by atoms with Gasteiger partial charge in [-0.1, -0.05) is 23.7 Å². The number of hydrogen-bond donors (Lipinski definition) is 4. The largest absolute Gasteiger partial charge is 0.504 e. The monoisotopic (exact) mass is 376 g/mol. The summed E-state index contributed by atoms with van der Waals surface area (Å²) in [7, 11) is 0. The van der Waals surface area contributed by atoms with Crippen LogP contribution in [0.4, 0.5) is 5.69 Å². The van der Waals surface area contributed by atoms with Crippen molar-refractivity contribution in [2.24, 2.45) is 0 Å². The molecule has 0 saturated heterocycles. The summed E-state index contributed by atoms with van der Waals surface area (Å²) in [5, 5.41) is 31.1. The number of imide groups is 1. The number of aliphatic hydroxyl groups excluding tert-OH is 2. The summed E-state index contributed by atoms with van der Waals surface area (Å²) in [6.07, 6.45) is -1.01. The van der Waals surface area contributed by atoms with Crippen molar-refractivity contribution in [1.29, 1.82) is 0 Å². The van der Waals surface area contributed by atoms with Crippen LogP contribution in [0, 0.1) is 0 Å². The summed E-state index contributed by atoms with van der Waals surface area (Å²) in [6.45, 7) is -0.448. The molecule has 0 aromatic heterocycles. The van der Waals surface area contributed by atoms with Gasteiger partial charge < -0.3 is 20.6 Å². The zero-order valence-corrected chi connectivity index (χ0v) is 14.4. The number of carbonyl (C=O) groups is 2. The minimum absolute atomic E-state index is 0.00312. The van der Waals surface area contributed by atoms with E-state index in [0.29, 0.717) is 16.7 Å². The molecular formula is C18H17ClN2O5. The quantitative estimate of drug-likeness (QED) is 0.450. The lowest BCUT2D eigenvalue weighted by Gasteiger charge is -2.17. The second-order valence-electron chi connectivity index (χ2n) is 5.93. The molecule has 2 aromatic rings. The SMILES string of the molecule is O=C1c2ccccc2C(=O)N1Cc1cc(Cl)c(O)c(NCC(O)CO)c1. The Morgan fingerprint density at radius 2 is 1.73 bits per heavy atom. The third kappa shape index (κ3) is 3.37. The highest BCUT2D eigenvalue weighted by atomic mass is 35.5. The number of nitrogens with zero attached hydrogens (tertiary/aromatic N) is 1. The molecule has 4 N–H and O–H groups in total. The number of aromatic hydroxyl groups is 1. The lowest BCUT2D eigenvalue weighted by molar-refractivity contribution is 0.0642. The first kappa shape index (κ1) is 18.2. The van der Waals surface area contributed by atoms with Crippen LogP contribution in [0.15, 0.2) is 36.4 Å². The second-order valence-corrected chi connectivity index (χ2v) is 6.34. The van der Waals surface area contributed by atoms with E-state index < -0.39 is 12.7 Å². The zero-order valence-electron chi connectivity index (χ0n) is 13.6. The average Bonchev–Trinajstić information content (AvgIpc) is 2.88. The van der Waals surface area contributed by atoms with Crippen LogP contribution in [0.25, 0.3) is 0 Å². The highest BCUT2D eigenvalue weighted by Gasteiger charge is 2.35. The lowest BCUT2D eigenvalue weighted by atomic mass is 10.1. The van der Waals surface area contributed by atoms with E-state index in [2.05, 4.69) is 5.32 Å². The highest BCUT2D eigenvalue weighted by Crippen LogP contribution is 2.34. The normalized spacial score (nSPS) is 14.5. The smallest absolute Gasteiger partial charge is 0.261 e. The van der Waals surface area contributed by atoms with E-state index in [1.165, 1.54) is 12.1 Å². The standard InChI is InChI=1S/C18H17ClN2O5/c19-14-5-10(6-15(16(14)24)20-7-11(23)9-22)8-21-17(25)12-3-1-2-4-13(12)18(21)26/h1-6,11,20,22-24H,7-9H2. The van der Waals surface area contributed by atoms with Gasteiger partial charge in [-0.2, -0.15) is 0 Å². The van der Waals surface area contributed by atoms with E-state index in [0.717, 1.165) is 4.90 Å². The van der Waals surface area contributed by atoms with Gasteiger partial charge in [-0.3, -0.25) is 14.5 Å². The zero-order chi connectivity index (χ0) is 18.8. The van der Waals surface area contributed by atoms with Gasteiger partial charge in [0, 0.05) is 6.54 Å². The Hall–Kier alpha value is -2.61. The molecule has 0 spiro atoms. The van der Waals surface area contributed by atoms with Gasteiger partial charge >= 0.3 is 0 Å². The van der Waals surface area contributed by atoms with Crippen LogP contribution in [0.1, 0.15) is 26.3 Å². The van der Waals surface area contributed by atoms with E-state index >= 15 is 0 Å². The molecule has 0 saturated carbocycles. The third-order valence-corrected chi connectivity index (χ3v) is 4.37. The summed E-state index contributed by atoms with van der Waals surface area (Å²) in [5.74, 6) is -0.997. The van der Waals surface area contributed by atoms with Gasteiger partial charge in [-0.25, -0.2) is 0 Å². The van der Waals surface area contributed by atoms with Gasteiger partial charge in [0.15, 0.2) is 5.75 Å². The summed E-state index contributed by atoms with van der Waals surface area (Å²) in [5.41, 5.74) is 1.47. The van der Waals surface area contributed by atoms with Crippen molar-refractivity contribution in [3.8, 4) is 5.75 Å². The number of nitrogens with one attached hydrogen (secondary N) is 1. The first-order valence-electron chi connectivity index (χ1n) is 7.91. The van der Waals surface area contributed by atoms with Crippen LogP contribution < -0.4 is 5.32 Å². The van der Waals surface area contributed by atoms with Crippen LogP contribution >= 0.6 is 11.6 Å². The molecule has 1 heterocycles. The van der Waals surface area contributed by atoms with Gasteiger partial charge in [0.2, 0.25) is 0 Å². The number of halogens is 1. The number of phenols is 1. The predicted octanol–water partition coefficient (Wildman–Crippen LogP) is 1.61. The minimum Gasteiger partial charge on any atom is -0.504 e. The summed E-state index contributed by atoms with van der Waals surface area (Å²) >= 11 is 6.03. The van der Waals surface area contributed by atoms with Crippen molar-refractivity contribution in [1.82, 2.24) is 4.90 Å². The maximum atomic E-state index is 12.4. The first-order chi connectivity index (χ1) is 12.4. The molecule has 7 nitrogen and oxygen atoms in total. The van der Waals surface area contributed by atoms with Crippen LogP contribution in [-0.2, 0) is 6.54 Å². The van der Waals surface area contributed by atoms with Crippen LogP contribution in [-0.4, -0.2) is 51.3 Å². The number of phenolic OH excluding ortho intramolecular Hbond substituents is 1. The van der Waals surface area contributed by atoms with E-state index in [9.17, 15) is 19.8 Å². The molecule has 1 aliphatic heterocycles. The molecule has 0 radical (unpaired) electrons. The Morgan fingerprint density at radius 1 is 1.12 bits per heavy atom. The maximum Gasteiger partial charge on any atom is 0.261 e. The van der Waals surface area contributed by atoms with Crippen LogP contribution in [0.5, 0.6) is 5.75 Å². The van der Waals surface area contributed by atoms with Crippen LogP contribution in [0.2, 0.25) is 5.02 Å². The van der Waals surface area contributed by atoms with Crippen LogP contribution in [0.3, 0.4) is 0 Å². The fourth-order valence-electron chi connectivity index (χ4n) is 2.74. The topological polar surface area (TPSA) is 110 Å². The molecule has 0 aliphatic carbocycles. The van der Waals surface area contributed by atoms with E-state index in [4.69, 9.17) is 16.7 Å². The molecule has 1 aliphatic rings. The van der Waals surface area contributed by atoms with Gasteiger partial charge in [0.25, 0.3) is 11.8 Å². The molecule has 8 heteroatoms. The van der Waals surface area contributed by atoms with Gasteiger partial charge in [-0.15, -0.1) is 0 Å². The molecule has 3 rings (SSSR count). The molecule has 2 aromatic carbocycles. The number of anilines is 1. The molecule has 26 heavy (non-hydrogen) atoms. The van der Waals surface area contributed by atoms with Gasteiger partial charge in [-0.05, 0) is 29.8 Å². The molecule has 1 atom stereocenters. The molecule has 2 amide bonds. The molecule has 0 fully saturated rings. The van der Waals surface area contributed by atoms with Crippen molar-refractivity contribution in [2.45, 2.75) is 12.6 Å². The Balaban J connectivity index is 1.83. The molecular weight excluding hydrogens is 360 g/mol. The molecule has 1 unspecified atom stereocenters. The Kier molecular flexibility index (Phi) is 5.13. The fourth-order valence-corrected chi connectivity index (χ4v) is 2.98. The van der Waals surface area contributed by atoms with E-state index in [1.807, 2.05) is 0 Å². The number of rotatable bonds is 6. The lowest BCUT2D eigenvalue weighted by Crippen LogP contribution is -2.29. The van der Waals surface area contributed by atoms with Crippen molar-refractivity contribution in [3.63, 3.8) is 0 Å². The second kappa shape index (κ2) is 7.33. The molecule has 0 bridgehead atoms. The Labute approximate surface area is 154 Å². The number of benzene rings is 2. The summed E-state index contributed by atoms with van der Waals surface area (Å²) < 4.78 is 0. The highest BCUT2D eigenvalue weighted by molar-refractivity contribution is 6.32. The fraction of sp³-hybridized carbons (Fsp3) is 0.222. The first-order valence-corrected chi connectivity index (χ1v) is 8.29. The number of aliphatic hydroxyl groups is 2. The Bertz CT molecular complexity index is 836. The number of fused-ring (bicyclic) bond motifs is 1. The minimum atomic E-state index is -1.01. The summed E-state index contributed by atoms with van der Waals surface area (Å²) in [4.78, 5) is 26.0. The maximum absolute atomic E-state index is 12.4. The van der Waals surface area contributed by atoms with Crippen molar-refractivity contribution >= 4 is 29.1 Å².